The Hall–Kier alpha value is -3.62. The molecular weight excluding hydrogens is 492 g/mol. The standard InChI is InChI=1S/C31H32N4O4/c36-26-10-9-25(29(37)33-26)35-28-27-23(3-1-4-24(27)30(35)38)22(18-32-28)17-20-5-7-21(8-6-20)19-34-14-12-31(13-15-34)11-2-16-39-31/h1,3-8,18,25H,2,9-17,19H2,(H,33,36,37). The van der Waals surface area contributed by atoms with E-state index in [9.17, 15) is 14.4 Å². The summed E-state index contributed by atoms with van der Waals surface area (Å²) in [7, 11) is 0. The van der Waals surface area contributed by atoms with Crippen LogP contribution in [-0.2, 0) is 27.3 Å². The van der Waals surface area contributed by atoms with Crippen molar-refractivity contribution in [2.24, 2.45) is 0 Å². The van der Waals surface area contributed by atoms with E-state index < -0.39 is 11.9 Å². The van der Waals surface area contributed by atoms with Crippen LogP contribution in [0.5, 0.6) is 0 Å². The summed E-state index contributed by atoms with van der Waals surface area (Å²) in [4.78, 5) is 46.3. The number of rotatable bonds is 5. The van der Waals surface area contributed by atoms with Crippen molar-refractivity contribution >= 4 is 34.3 Å². The Bertz CT molecular complexity index is 1470. The SMILES string of the molecule is O=C1CCC(N2C(=O)c3cccc4c(Cc5ccc(CN6CCC7(CCCO7)CC6)cc5)cnc2c34)C(=O)N1. The van der Waals surface area contributed by atoms with E-state index >= 15 is 0 Å². The zero-order valence-electron chi connectivity index (χ0n) is 21.9. The second kappa shape index (κ2) is 9.54. The van der Waals surface area contributed by atoms with Gasteiger partial charge in [0, 0.05) is 44.2 Å². The third-order valence-electron chi connectivity index (χ3n) is 8.95. The third kappa shape index (κ3) is 4.32. The van der Waals surface area contributed by atoms with Crippen LogP contribution in [0.1, 0.15) is 65.6 Å². The average Bonchev–Trinajstić information content (AvgIpc) is 3.52. The molecule has 3 saturated heterocycles. The van der Waals surface area contributed by atoms with Gasteiger partial charge in [-0.1, -0.05) is 36.4 Å². The highest BCUT2D eigenvalue weighted by Gasteiger charge is 2.42. The lowest BCUT2D eigenvalue weighted by Gasteiger charge is -2.38. The second-order valence-corrected chi connectivity index (χ2v) is 11.4. The number of aromatic nitrogens is 1. The van der Waals surface area contributed by atoms with Crippen LogP contribution in [-0.4, -0.2) is 58.9 Å². The Labute approximate surface area is 227 Å². The fourth-order valence-electron chi connectivity index (χ4n) is 6.79. The predicted molar refractivity (Wildman–Crippen MR) is 146 cm³/mol. The van der Waals surface area contributed by atoms with Gasteiger partial charge < -0.3 is 4.74 Å². The van der Waals surface area contributed by atoms with Crippen LogP contribution in [0, 0.1) is 0 Å². The predicted octanol–water partition coefficient (Wildman–Crippen LogP) is 3.74. The highest BCUT2D eigenvalue weighted by atomic mass is 16.5. The summed E-state index contributed by atoms with van der Waals surface area (Å²) >= 11 is 0. The van der Waals surface area contributed by atoms with Gasteiger partial charge in [0.2, 0.25) is 11.8 Å². The van der Waals surface area contributed by atoms with Crippen LogP contribution in [0.25, 0.3) is 10.8 Å². The van der Waals surface area contributed by atoms with Crippen molar-refractivity contribution in [2.75, 3.05) is 24.6 Å². The Balaban J connectivity index is 1.08. The van der Waals surface area contributed by atoms with Crippen LogP contribution < -0.4 is 10.2 Å². The van der Waals surface area contributed by atoms with E-state index in [1.807, 2.05) is 18.3 Å². The molecule has 200 valence electrons. The van der Waals surface area contributed by atoms with Crippen LogP contribution in [0.2, 0.25) is 0 Å². The summed E-state index contributed by atoms with van der Waals surface area (Å²) in [6, 6.07) is 13.8. The minimum absolute atomic E-state index is 0.150. The van der Waals surface area contributed by atoms with E-state index in [1.165, 1.54) is 28.9 Å². The zero-order valence-corrected chi connectivity index (χ0v) is 21.9. The summed E-state index contributed by atoms with van der Waals surface area (Å²) < 4.78 is 6.07. The molecule has 3 fully saturated rings. The first kappa shape index (κ1) is 24.4. The largest absolute Gasteiger partial charge is 0.375 e. The molecule has 8 nitrogen and oxygen atoms in total. The van der Waals surface area contributed by atoms with Crippen molar-refractivity contribution in [3.63, 3.8) is 0 Å². The van der Waals surface area contributed by atoms with Crippen molar-refractivity contribution in [1.29, 1.82) is 0 Å². The van der Waals surface area contributed by atoms with Gasteiger partial charge in [-0.3, -0.25) is 29.5 Å². The number of pyridine rings is 1. The van der Waals surface area contributed by atoms with E-state index in [0.717, 1.165) is 55.4 Å². The van der Waals surface area contributed by atoms with Crippen molar-refractivity contribution < 1.29 is 19.1 Å². The fourth-order valence-corrected chi connectivity index (χ4v) is 6.79. The molecule has 4 aliphatic rings. The summed E-state index contributed by atoms with van der Waals surface area (Å²) in [5, 5.41) is 4.12. The Morgan fingerprint density at radius 3 is 2.54 bits per heavy atom. The Morgan fingerprint density at radius 2 is 1.79 bits per heavy atom. The van der Waals surface area contributed by atoms with Gasteiger partial charge in [0.25, 0.3) is 5.91 Å². The van der Waals surface area contributed by atoms with Crippen molar-refractivity contribution in [3.8, 4) is 0 Å². The maximum atomic E-state index is 13.4. The zero-order chi connectivity index (χ0) is 26.6. The number of imide groups is 1. The summed E-state index contributed by atoms with van der Waals surface area (Å²) in [6.45, 7) is 4.05. The number of benzene rings is 2. The Kier molecular flexibility index (Phi) is 5.97. The number of piperidine rings is 2. The molecule has 3 aromatic rings. The Morgan fingerprint density at radius 1 is 1.00 bits per heavy atom. The molecule has 2 aromatic carbocycles. The van der Waals surface area contributed by atoms with Crippen LogP contribution in [0.3, 0.4) is 0 Å². The highest BCUT2D eigenvalue weighted by Crippen LogP contribution is 2.40. The molecule has 4 aliphatic heterocycles. The molecular formula is C31H32N4O4. The van der Waals surface area contributed by atoms with Crippen LogP contribution in [0.4, 0.5) is 5.82 Å². The third-order valence-corrected chi connectivity index (χ3v) is 8.95. The molecule has 1 N–H and O–H groups in total. The molecule has 3 amide bonds. The fraction of sp³-hybridized carbons (Fsp3) is 0.419. The number of hydrogen-bond donors (Lipinski definition) is 1. The van der Waals surface area contributed by atoms with Crippen molar-refractivity contribution in [1.82, 2.24) is 15.2 Å². The molecule has 5 heterocycles. The number of likely N-dealkylation sites (tertiary alicyclic amines) is 1. The summed E-state index contributed by atoms with van der Waals surface area (Å²) in [5.74, 6) is -0.474. The van der Waals surface area contributed by atoms with E-state index in [2.05, 4.69) is 39.5 Å². The minimum Gasteiger partial charge on any atom is -0.375 e. The van der Waals surface area contributed by atoms with Gasteiger partial charge in [-0.25, -0.2) is 4.98 Å². The molecule has 1 atom stereocenters. The number of ether oxygens (including phenoxy) is 1. The maximum absolute atomic E-state index is 13.4. The van der Waals surface area contributed by atoms with Crippen molar-refractivity contribution in [3.05, 3.63) is 70.9 Å². The molecule has 0 radical (unpaired) electrons. The number of nitrogens with one attached hydrogen (secondary N) is 1. The first-order chi connectivity index (χ1) is 19.0. The molecule has 1 spiro atoms. The number of anilines is 1. The molecule has 0 saturated carbocycles. The summed E-state index contributed by atoms with van der Waals surface area (Å²) in [5.41, 5.74) is 4.25. The first-order valence-electron chi connectivity index (χ1n) is 14.0. The van der Waals surface area contributed by atoms with Gasteiger partial charge in [0.15, 0.2) is 0 Å². The second-order valence-electron chi connectivity index (χ2n) is 11.4. The van der Waals surface area contributed by atoms with E-state index in [-0.39, 0.29) is 23.8 Å². The molecule has 39 heavy (non-hydrogen) atoms. The molecule has 1 unspecified atom stereocenters. The smallest absolute Gasteiger partial charge is 0.260 e. The van der Waals surface area contributed by atoms with Crippen LogP contribution >= 0.6 is 0 Å². The molecule has 0 bridgehead atoms. The molecule has 0 aliphatic carbocycles. The van der Waals surface area contributed by atoms with Gasteiger partial charge in [0.1, 0.15) is 11.9 Å². The average molecular weight is 525 g/mol. The summed E-state index contributed by atoms with van der Waals surface area (Å²) in [6.07, 6.45) is 7.70. The lowest BCUT2D eigenvalue weighted by Crippen LogP contribution is -2.53. The van der Waals surface area contributed by atoms with E-state index in [0.29, 0.717) is 24.2 Å². The van der Waals surface area contributed by atoms with Gasteiger partial charge in [-0.15, -0.1) is 0 Å². The lowest BCUT2D eigenvalue weighted by atomic mass is 9.88. The van der Waals surface area contributed by atoms with E-state index in [4.69, 9.17) is 4.74 Å². The lowest BCUT2D eigenvalue weighted by molar-refractivity contribution is -0.134. The quantitative estimate of drug-likeness (QED) is 0.512. The highest BCUT2D eigenvalue weighted by molar-refractivity contribution is 6.26. The number of hydrogen-bond acceptors (Lipinski definition) is 6. The van der Waals surface area contributed by atoms with Gasteiger partial charge in [-0.2, -0.15) is 0 Å². The van der Waals surface area contributed by atoms with Crippen molar-refractivity contribution in [2.45, 2.75) is 63.1 Å². The number of carbonyl (C=O) groups is 3. The van der Waals surface area contributed by atoms with Gasteiger partial charge >= 0.3 is 0 Å². The van der Waals surface area contributed by atoms with Crippen LogP contribution in [0.15, 0.2) is 48.7 Å². The monoisotopic (exact) mass is 524 g/mol. The molecule has 1 aromatic heterocycles. The number of carbonyl (C=O) groups excluding carboxylic acids is 3. The molecule has 7 rings (SSSR count). The first-order valence-corrected chi connectivity index (χ1v) is 14.0. The number of amides is 3. The molecule has 8 heteroatoms. The van der Waals surface area contributed by atoms with E-state index in [1.54, 1.807) is 6.07 Å². The maximum Gasteiger partial charge on any atom is 0.260 e. The minimum atomic E-state index is -0.729. The topological polar surface area (TPSA) is 91.8 Å². The van der Waals surface area contributed by atoms with Gasteiger partial charge in [-0.05, 0) is 66.7 Å². The normalized spacial score (nSPS) is 22.7. The van der Waals surface area contributed by atoms with Gasteiger partial charge in [0.05, 0.1) is 11.2 Å². The number of nitrogens with zero attached hydrogens (tertiary/aromatic N) is 3.